The molecule has 13 heavy (non-hydrogen) atoms. The molecule has 1 radical (unpaired) electrons. The Balaban J connectivity index is 1.63. The number of hydrogen-bond donors (Lipinski definition) is 0. The van der Waals surface area contributed by atoms with Crippen molar-refractivity contribution in [2.45, 2.75) is 45.1 Å². The molecule has 1 saturated carbocycles. The van der Waals surface area contributed by atoms with E-state index in [4.69, 9.17) is 0 Å². The Bertz CT molecular complexity index is 222. The maximum atomic E-state index is 3.91. The summed E-state index contributed by atoms with van der Waals surface area (Å²) in [7, 11) is 0. The zero-order valence-corrected chi connectivity index (χ0v) is 8.08. The first-order valence-electron chi connectivity index (χ1n) is 5.33. The molecule has 0 saturated heterocycles. The molecule has 2 rings (SSSR count). The van der Waals surface area contributed by atoms with Gasteiger partial charge in [-0.05, 0) is 18.8 Å². The predicted octanol–water partition coefficient (Wildman–Crippen LogP) is 2.65. The van der Waals surface area contributed by atoms with E-state index in [0.29, 0.717) is 0 Å². The molecule has 0 amide bonds. The molecule has 0 atom stereocenters. The molecule has 1 fully saturated rings. The van der Waals surface area contributed by atoms with Crippen LogP contribution in [-0.4, -0.2) is 9.55 Å². The van der Waals surface area contributed by atoms with E-state index in [9.17, 15) is 0 Å². The van der Waals surface area contributed by atoms with Gasteiger partial charge in [0.2, 0.25) is 0 Å². The Kier molecular flexibility index (Phi) is 3.01. The van der Waals surface area contributed by atoms with Crippen LogP contribution >= 0.6 is 0 Å². The van der Waals surface area contributed by atoms with Crippen LogP contribution in [-0.2, 0) is 6.54 Å². The standard InChI is InChI=1S/C11H17N2/c1-2-5-11(4-1)6-3-8-13-9-7-12-10-13/h9-11H,1-6,8H2. The summed E-state index contributed by atoms with van der Waals surface area (Å²) >= 11 is 0. The zero-order valence-electron chi connectivity index (χ0n) is 8.08. The van der Waals surface area contributed by atoms with Crippen molar-refractivity contribution in [3.8, 4) is 0 Å². The quantitative estimate of drug-likeness (QED) is 0.691. The Hall–Kier alpha value is -0.790. The van der Waals surface area contributed by atoms with Crippen LogP contribution in [0.2, 0.25) is 0 Å². The molecule has 0 spiro atoms. The number of imidazole rings is 1. The summed E-state index contributed by atoms with van der Waals surface area (Å²) in [5, 5.41) is 0. The Morgan fingerprint density at radius 3 is 2.92 bits per heavy atom. The molecule has 1 aliphatic rings. The van der Waals surface area contributed by atoms with Crippen molar-refractivity contribution in [2.24, 2.45) is 5.92 Å². The van der Waals surface area contributed by atoms with E-state index in [-0.39, 0.29) is 0 Å². The number of hydrogen-bond acceptors (Lipinski definition) is 1. The molecule has 1 aromatic rings. The smallest absolute Gasteiger partial charge is 0.108 e. The molecule has 2 heteroatoms. The largest absolute Gasteiger partial charge is 0.337 e. The van der Waals surface area contributed by atoms with Gasteiger partial charge in [-0.3, -0.25) is 0 Å². The van der Waals surface area contributed by atoms with Crippen molar-refractivity contribution in [3.05, 3.63) is 18.7 Å². The first-order chi connectivity index (χ1) is 6.45. The van der Waals surface area contributed by atoms with Gasteiger partial charge < -0.3 is 4.57 Å². The fourth-order valence-electron chi connectivity index (χ4n) is 2.23. The minimum atomic E-state index is 1.02. The van der Waals surface area contributed by atoms with E-state index >= 15 is 0 Å². The summed E-state index contributed by atoms with van der Waals surface area (Å²) in [4.78, 5) is 3.91. The summed E-state index contributed by atoms with van der Waals surface area (Å²) in [5.74, 6) is 1.02. The lowest BCUT2D eigenvalue weighted by Crippen LogP contribution is -1.98. The van der Waals surface area contributed by atoms with E-state index < -0.39 is 0 Å². The summed E-state index contributed by atoms with van der Waals surface area (Å²) in [6, 6.07) is 0. The third kappa shape index (κ3) is 2.58. The van der Waals surface area contributed by atoms with Crippen LogP contribution in [0.4, 0.5) is 0 Å². The topological polar surface area (TPSA) is 17.8 Å². The van der Waals surface area contributed by atoms with Gasteiger partial charge in [-0.1, -0.05) is 25.7 Å². The van der Waals surface area contributed by atoms with Crippen LogP contribution in [0.3, 0.4) is 0 Å². The van der Waals surface area contributed by atoms with Gasteiger partial charge in [0.15, 0.2) is 0 Å². The highest BCUT2D eigenvalue weighted by Crippen LogP contribution is 2.28. The number of aromatic nitrogens is 2. The van der Waals surface area contributed by atoms with Gasteiger partial charge in [-0.2, -0.15) is 0 Å². The van der Waals surface area contributed by atoms with E-state index in [2.05, 4.69) is 15.7 Å². The fraction of sp³-hybridized carbons (Fsp3) is 0.727. The maximum absolute atomic E-state index is 3.91. The zero-order chi connectivity index (χ0) is 8.93. The first-order valence-corrected chi connectivity index (χ1v) is 5.33. The van der Waals surface area contributed by atoms with Crippen LogP contribution in [0.25, 0.3) is 0 Å². The van der Waals surface area contributed by atoms with E-state index in [1.165, 1.54) is 38.5 Å². The van der Waals surface area contributed by atoms with E-state index in [0.717, 1.165) is 12.5 Å². The molecule has 1 aromatic heterocycles. The van der Waals surface area contributed by atoms with Crippen LogP contribution in [0, 0.1) is 12.1 Å². The normalized spacial score (nSPS) is 18.2. The van der Waals surface area contributed by atoms with Crippen molar-refractivity contribution >= 4 is 0 Å². The van der Waals surface area contributed by atoms with Crippen molar-refractivity contribution in [1.29, 1.82) is 0 Å². The average molecular weight is 177 g/mol. The third-order valence-corrected chi connectivity index (χ3v) is 3.01. The summed E-state index contributed by atoms with van der Waals surface area (Å²) in [5.41, 5.74) is 0. The molecule has 0 aromatic carbocycles. The van der Waals surface area contributed by atoms with Gasteiger partial charge in [-0.15, -0.1) is 0 Å². The molecule has 1 heterocycles. The minimum absolute atomic E-state index is 1.02. The molecule has 0 N–H and O–H groups in total. The molecular weight excluding hydrogens is 160 g/mol. The summed E-state index contributed by atoms with van der Waals surface area (Å²) < 4.78 is 2.12. The second kappa shape index (κ2) is 4.45. The summed E-state index contributed by atoms with van der Waals surface area (Å²) in [6.45, 7) is 1.12. The Labute approximate surface area is 80.0 Å². The second-order valence-electron chi connectivity index (χ2n) is 4.03. The van der Waals surface area contributed by atoms with E-state index in [1.54, 1.807) is 0 Å². The van der Waals surface area contributed by atoms with Gasteiger partial charge in [0.05, 0.1) is 6.33 Å². The highest BCUT2D eigenvalue weighted by atomic mass is 15.0. The SMILES string of the molecule is [c]1cn(CCCC2CCCC2)cn1. The Morgan fingerprint density at radius 1 is 1.38 bits per heavy atom. The second-order valence-corrected chi connectivity index (χ2v) is 4.03. The summed E-state index contributed by atoms with van der Waals surface area (Å²) in [6.07, 6.45) is 15.2. The molecule has 1 aliphatic carbocycles. The molecular formula is C11H17N2. The third-order valence-electron chi connectivity index (χ3n) is 3.01. The lowest BCUT2D eigenvalue weighted by atomic mass is 10.0. The van der Waals surface area contributed by atoms with Crippen molar-refractivity contribution in [2.75, 3.05) is 0 Å². The van der Waals surface area contributed by atoms with Crippen LogP contribution in [0.5, 0.6) is 0 Å². The Morgan fingerprint density at radius 2 is 2.23 bits per heavy atom. The molecule has 0 bridgehead atoms. The molecule has 71 valence electrons. The van der Waals surface area contributed by atoms with E-state index in [1.807, 2.05) is 12.5 Å². The van der Waals surface area contributed by atoms with Gasteiger partial charge in [0.25, 0.3) is 0 Å². The van der Waals surface area contributed by atoms with Crippen LogP contribution in [0.15, 0.2) is 12.5 Å². The predicted molar refractivity (Wildman–Crippen MR) is 52.3 cm³/mol. The highest BCUT2D eigenvalue weighted by Gasteiger charge is 2.13. The lowest BCUT2D eigenvalue weighted by molar-refractivity contribution is 0.458. The fourth-order valence-corrected chi connectivity index (χ4v) is 2.23. The minimum Gasteiger partial charge on any atom is -0.337 e. The number of nitrogens with zero attached hydrogens (tertiary/aromatic N) is 2. The van der Waals surface area contributed by atoms with Crippen molar-refractivity contribution in [1.82, 2.24) is 9.55 Å². The van der Waals surface area contributed by atoms with Gasteiger partial charge >= 0.3 is 0 Å². The van der Waals surface area contributed by atoms with Gasteiger partial charge in [0, 0.05) is 12.7 Å². The lowest BCUT2D eigenvalue weighted by Gasteiger charge is -2.08. The highest BCUT2D eigenvalue weighted by molar-refractivity contribution is 4.72. The van der Waals surface area contributed by atoms with Crippen molar-refractivity contribution in [3.63, 3.8) is 0 Å². The molecule has 2 nitrogen and oxygen atoms in total. The number of rotatable bonds is 4. The van der Waals surface area contributed by atoms with Crippen LogP contribution < -0.4 is 0 Å². The molecule has 0 aliphatic heterocycles. The first kappa shape index (κ1) is 8.79. The van der Waals surface area contributed by atoms with Crippen molar-refractivity contribution < 1.29 is 0 Å². The van der Waals surface area contributed by atoms with Gasteiger partial charge in [0.1, 0.15) is 6.20 Å². The van der Waals surface area contributed by atoms with Crippen LogP contribution in [0.1, 0.15) is 38.5 Å². The number of aryl methyl sites for hydroxylation is 1. The maximum Gasteiger partial charge on any atom is 0.108 e. The van der Waals surface area contributed by atoms with Gasteiger partial charge in [-0.25, -0.2) is 4.98 Å². The average Bonchev–Trinajstić information content (AvgIpc) is 2.75. The monoisotopic (exact) mass is 177 g/mol. The molecule has 0 unspecified atom stereocenters.